The summed E-state index contributed by atoms with van der Waals surface area (Å²) < 4.78 is 5.08. The predicted octanol–water partition coefficient (Wildman–Crippen LogP) is 4.33. The molecule has 0 saturated carbocycles. The number of thioether (sulfide) groups is 1. The lowest BCUT2D eigenvalue weighted by Gasteiger charge is -2.10. The molecule has 4 heterocycles. The number of rotatable bonds is 5. The normalized spacial score (nSPS) is 12.5. The molecule has 1 atom stereocenters. The van der Waals surface area contributed by atoms with Crippen molar-refractivity contribution in [2.45, 2.75) is 31.0 Å². The molecule has 0 fully saturated rings. The van der Waals surface area contributed by atoms with Crippen molar-refractivity contribution in [2.24, 2.45) is 0 Å². The van der Waals surface area contributed by atoms with Gasteiger partial charge in [0.25, 0.3) is 5.56 Å². The molecule has 7 nitrogen and oxygen atoms in total. The Labute approximate surface area is 172 Å². The second-order valence-corrected chi connectivity index (χ2v) is 9.21. The van der Waals surface area contributed by atoms with Crippen LogP contribution >= 0.6 is 34.4 Å². The Kier molecular flexibility index (Phi) is 5.17. The topological polar surface area (TPSA) is 97.8 Å². The summed E-state index contributed by atoms with van der Waals surface area (Å²) >= 11 is 4.26. The van der Waals surface area contributed by atoms with Crippen LogP contribution in [0.25, 0.3) is 20.4 Å². The van der Waals surface area contributed by atoms with Crippen LogP contribution < -0.4 is 5.56 Å². The standard InChI is InChI=1S/C18H16N4O3S3/c1-4-25-18(24)12-8(2)11-14(23)21-13(22-17(11)28-12)9(3)27-16-10-5-6-26-15(10)19-7-20-16/h5-7,9H,4H2,1-3H3,(H,21,22,23)/t9-/m1/s1. The molecule has 4 aromatic heterocycles. The van der Waals surface area contributed by atoms with E-state index in [1.54, 1.807) is 31.5 Å². The number of aromatic nitrogens is 4. The van der Waals surface area contributed by atoms with Crippen LogP contribution in [0.3, 0.4) is 0 Å². The third-order valence-electron chi connectivity index (χ3n) is 4.18. The van der Waals surface area contributed by atoms with E-state index >= 15 is 0 Å². The molecule has 144 valence electrons. The van der Waals surface area contributed by atoms with Gasteiger partial charge in [-0.1, -0.05) is 11.8 Å². The third kappa shape index (κ3) is 3.31. The van der Waals surface area contributed by atoms with Gasteiger partial charge < -0.3 is 9.72 Å². The van der Waals surface area contributed by atoms with E-state index in [9.17, 15) is 9.59 Å². The number of hydrogen-bond acceptors (Lipinski definition) is 9. The molecule has 0 aromatic carbocycles. The minimum absolute atomic E-state index is 0.136. The SMILES string of the molecule is CCOC(=O)c1sc2nc([C@@H](C)Sc3ncnc4sccc34)[nH]c(=O)c2c1C. The van der Waals surface area contributed by atoms with Crippen LogP contribution in [0.1, 0.15) is 40.2 Å². The van der Waals surface area contributed by atoms with E-state index in [4.69, 9.17) is 4.74 Å². The van der Waals surface area contributed by atoms with Crippen LogP contribution in [0, 0.1) is 6.92 Å². The fourth-order valence-electron chi connectivity index (χ4n) is 2.83. The molecule has 0 bridgehead atoms. The first-order valence-electron chi connectivity index (χ1n) is 8.54. The Morgan fingerprint density at radius 1 is 1.36 bits per heavy atom. The summed E-state index contributed by atoms with van der Waals surface area (Å²) in [6.45, 7) is 5.74. The first kappa shape index (κ1) is 19.0. The van der Waals surface area contributed by atoms with E-state index in [0.717, 1.165) is 15.2 Å². The van der Waals surface area contributed by atoms with Crippen molar-refractivity contribution < 1.29 is 9.53 Å². The van der Waals surface area contributed by atoms with Crippen molar-refractivity contribution in [2.75, 3.05) is 6.61 Å². The van der Waals surface area contributed by atoms with E-state index in [1.165, 1.54) is 23.1 Å². The second-order valence-electron chi connectivity index (χ2n) is 5.99. The minimum Gasteiger partial charge on any atom is -0.462 e. The van der Waals surface area contributed by atoms with Gasteiger partial charge in [-0.05, 0) is 37.8 Å². The van der Waals surface area contributed by atoms with Gasteiger partial charge in [-0.3, -0.25) is 4.79 Å². The van der Waals surface area contributed by atoms with Gasteiger partial charge in [-0.15, -0.1) is 22.7 Å². The molecule has 0 aliphatic carbocycles. The number of aromatic amines is 1. The highest BCUT2D eigenvalue weighted by Gasteiger charge is 2.22. The number of esters is 1. The van der Waals surface area contributed by atoms with E-state index < -0.39 is 5.97 Å². The average Bonchev–Trinajstić information content (AvgIpc) is 3.27. The molecule has 0 amide bonds. The van der Waals surface area contributed by atoms with Crippen molar-refractivity contribution in [3.63, 3.8) is 0 Å². The third-order valence-corrected chi connectivity index (χ3v) is 7.29. The molecule has 0 spiro atoms. The van der Waals surface area contributed by atoms with Gasteiger partial charge in [0.05, 0.1) is 17.2 Å². The Hall–Kier alpha value is -2.30. The number of hydrogen-bond donors (Lipinski definition) is 1. The number of carbonyl (C=O) groups excluding carboxylic acids is 1. The first-order chi connectivity index (χ1) is 13.5. The van der Waals surface area contributed by atoms with Gasteiger partial charge >= 0.3 is 5.97 Å². The van der Waals surface area contributed by atoms with Gasteiger partial charge in [-0.2, -0.15) is 0 Å². The smallest absolute Gasteiger partial charge is 0.348 e. The van der Waals surface area contributed by atoms with Crippen LogP contribution in [0.15, 0.2) is 27.6 Å². The van der Waals surface area contributed by atoms with Crippen molar-refractivity contribution in [1.29, 1.82) is 0 Å². The molecule has 10 heteroatoms. The number of thiophene rings is 2. The zero-order chi connectivity index (χ0) is 19.8. The number of nitrogens with one attached hydrogen (secondary N) is 1. The number of aryl methyl sites for hydroxylation is 1. The molecule has 4 aromatic rings. The monoisotopic (exact) mass is 432 g/mol. The lowest BCUT2D eigenvalue weighted by molar-refractivity contribution is 0.0531. The lowest BCUT2D eigenvalue weighted by Crippen LogP contribution is -2.13. The summed E-state index contributed by atoms with van der Waals surface area (Å²) in [5.41, 5.74) is 0.356. The molecule has 4 rings (SSSR count). The molecule has 0 aliphatic heterocycles. The summed E-state index contributed by atoms with van der Waals surface area (Å²) in [4.78, 5) is 42.8. The molecular weight excluding hydrogens is 416 g/mol. The molecule has 1 N–H and O–H groups in total. The number of carbonyl (C=O) groups is 1. The van der Waals surface area contributed by atoms with E-state index in [0.29, 0.717) is 26.5 Å². The molecule has 0 saturated heterocycles. The summed E-state index contributed by atoms with van der Waals surface area (Å²) in [6.07, 6.45) is 1.54. The zero-order valence-corrected chi connectivity index (χ0v) is 17.8. The van der Waals surface area contributed by atoms with Gasteiger partial charge in [-0.25, -0.2) is 19.7 Å². The van der Waals surface area contributed by atoms with Crippen LogP contribution in [-0.2, 0) is 4.74 Å². The van der Waals surface area contributed by atoms with Crippen LogP contribution in [0.5, 0.6) is 0 Å². The van der Waals surface area contributed by atoms with Gasteiger partial charge in [0.1, 0.15) is 31.7 Å². The summed E-state index contributed by atoms with van der Waals surface area (Å²) in [5.74, 6) is 0.119. The van der Waals surface area contributed by atoms with Crippen molar-refractivity contribution in [3.05, 3.63) is 44.4 Å². The molecule has 0 unspecified atom stereocenters. The van der Waals surface area contributed by atoms with Gasteiger partial charge in [0.2, 0.25) is 0 Å². The second kappa shape index (κ2) is 7.61. The molecular formula is C18H16N4O3S3. The fourth-order valence-corrected chi connectivity index (χ4v) is 5.67. The summed E-state index contributed by atoms with van der Waals surface area (Å²) in [7, 11) is 0. The highest BCUT2D eigenvalue weighted by atomic mass is 32.2. The Morgan fingerprint density at radius 3 is 2.96 bits per heavy atom. The quantitative estimate of drug-likeness (QED) is 0.285. The molecule has 28 heavy (non-hydrogen) atoms. The van der Waals surface area contributed by atoms with Crippen molar-refractivity contribution in [1.82, 2.24) is 19.9 Å². The maximum atomic E-state index is 12.7. The molecule has 0 aliphatic rings. The number of nitrogens with zero attached hydrogens (tertiary/aromatic N) is 3. The summed E-state index contributed by atoms with van der Waals surface area (Å²) in [6, 6.07) is 1.99. The lowest BCUT2D eigenvalue weighted by atomic mass is 10.2. The Bertz CT molecular complexity index is 1240. The maximum absolute atomic E-state index is 12.7. The predicted molar refractivity (Wildman–Crippen MR) is 113 cm³/mol. The fraction of sp³-hybridized carbons (Fsp3) is 0.278. The van der Waals surface area contributed by atoms with Crippen LogP contribution in [0.2, 0.25) is 0 Å². The van der Waals surface area contributed by atoms with Crippen molar-refractivity contribution in [3.8, 4) is 0 Å². The zero-order valence-electron chi connectivity index (χ0n) is 15.3. The van der Waals surface area contributed by atoms with Gasteiger partial charge in [0.15, 0.2) is 0 Å². The van der Waals surface area contributed by atoms with E-state index in [2.05, 4.69) is 19.9 Å². The average molecular weight is 433 g/mol. The first-order valence-corrected chi connectivity index (χ1v) is 11.1. The highest BCUT2D eigenvalue weighted by molar-refractivity contribution is 7.99. The minimum atomic E-state index is -0.424. The van der Waals surface area contributed by atoms with E-state index in [1.807, 2.05) is 18.4 Å². The van der Waals surface area contributed by atoms with Crippen LogP contribution in [-0.4, -0.2) is 32.5 Å². The number of ether oxygens (including phenoxy) is 1. The van der Waals surface area contributed by atoms with Crippen molar-refractivity contribution >= 4 is 60.8 Å². The highest BCUT2D eigenvalue weighted by Crippen LogP contribution is 2.37. The summed E-state index contributed by atoms with van der Waals surface area (Å²) in [5, 5.41) is 4.12. The number of fused-ring (bicyclic) bond motifs is 2. The Morgan fingerprint density at radius 2 is 2.18 bits per heavy atom. The number of H-pyrrole nitrogens is 1. The van der Waals surface area contributed by atoms with E-state index in [-0.39, 0.29) is 17.4 Å². The molecule has 0 radical (unpaired) electrons. The van der Waals surface area contributed by atoms with Crippen LogP contribution in [0.4, 0.5) is 0 Å². The van der Waals surface area contributed by atoms with Gasteiger partial charge in [0, 0.05) is 5.39 Å². The maximum Gasteiger partial charge on any atom is 0.348 e. The largest absolute Gasteiger partial charge is 0.462 e. The Balaban J connectivity index is 1.71.